The second-order valence-corrected chi connectivity index (χ2v) is 6.72. The van der Waals surface area contributed by atoms with Crippen molar-refractivity contribution in [2.45, 2.75) is 65.0 Å². The van der Waals surface area contributed by atoms with Crippen LogP contribution in [0.4, 0.5) is 0 Å². The number of aliphatic hydroxyl groups excluding tert-OH is 1. The lowest BCUT2D eigenvalue weighted by Crippen LogP contribution is -2.42. The molecule has 0 aromatic heterocycles. The maximum atomic E-state index is 10.1. The van der Waals surface area contributed by atoms with E-state index in [0.717, 1.165) is 19.0 Å². The van der Waals surface area contributed by atoms with Gasteiger partial charge in [0.15, 0.2) is 0 Å². The predicted octanol–water partition coefficient (Wildman–Crippen LogP) is 2.66. The number of hydrogen-bond acceptors (Lipinski definition) is 2. The zero-order valence-electron chi connectivity index (χ0n) is 11.1. The van der Waals surface area contributed by atoms with Crippen LogP contribution in [0.5, 0.6) is 0 Å². The van der Waals surface area contributed by atoms with Crippen molar-refractivity contribution < 1.29 is 5.11 Å². The monoisotopic (exact) mass is 225 g/mol. The van der Waals surface area contributed by atoms with Gasteiger partial charge >= 0.3 is 0 Å². The highest BCUT2D eigenvalue weighted by Gasteiger charge is 2.35. The molecule has 2 nitrogen and oxygen atoms in total. The third-order valence-electron chi connectivity index (χ3n) is 4.64. The van der Waals surface area contributed by atoms with Crippen LogP contribution in [0.3, 0.4) is 0 Å². The van der Waals surface area contributed by atoms with Gasteiger partial charge in [-0.1, -0.05) is 13.8 Å². The van der Waals surface area contributed by atoms with Gasteiger partial charge in [-0.25, -0.2) is 0 Å². The lowest BCUT2D eigenvalue weighted by molar-refractivity contribution is 0.00327. The molecule has 1 N–H and O–H groups in total. The highest BCUT2D eigenvalue weighted by molar-refractivity contribution is 4.88. The van der Waals surface area contributed by atoms with Crippen molar-refractivity contribution in [3.8, 4) is 0 Å². The summed E-state index contributed by atoms with van der Waals surface area (Å²) in [6.07, 6.45) is 6.00. The Labute approximate surface area is 100 Å². The molecule has 0 radical (unpaired) electrons. The van der Waals surface area contributed by atoms with Crippen molar-refractivity contribution in [1.82, 2.24) is 4.90 Å². The molecule has 1 saturated carbocycles. The quantitative estimate of drug-likeness (QED) is 0.781. The third kappa shape index (κ3) is 2.78. The maximum Gasteiger partial charge on any atom is 0.0581 e. The number of nitrogens with zero attached hydrogens (tertiary/aromatic N) is 1. The number of hydrogen-bond donors (Lipinski definition) is 1. The lowest BCUT2D eigenvalue weighted by Gasteiger charge is -2.40. The fourth-order valence-corrected chi connectivity index (χ4v) is 3.47. The van der Waals surface area contributed by atoms with Gasteiger partial charge in [0.1, 0.15) is 0 Å². The minimum atomic E-state index is -0.0548. The Morgan fingerprint density at radius 3 is 2.69 bits per heavy atom. The van der Waals surface area contributed by atoms with Crippen LogP contribution in [0.1, 0.15) is 52.9 Å². The fraction of sp³-hybridized carbons (Fsp3) is 1.00. The van der Waals surface area contributed by atoms with Gasteiger partial charge in [-0.15, -0.1) is 0 Å². The second kappa shape index (κ2) is 4.66. The summed E-state index contributed by atoms with van der Waals surface area (Å²) >= 11 is 0. The average Bonchev–Trinajstić information content (AvgIpc) is 2.58. The Balaban J connectivity index is 1.92. The highest BCUT2D eigenvalue weighted by atomic mass is 16.3. The molecule has 1 aliphatic heterocycles. The molecule has 94 valence electrons. The first-order valence-corrected chi connectivity index (χ1v) is 6.90. The molecular formula is C14H27NO. The SMILES string of the molecule is CC1CCCN1CC1CC(C)(C)CCC1O. The maximum absolute atomic E-state index is 10.1. The van der Waals surface area contributed by atoms with E-state index in [4.69, 9.17) is 0 Å². The van der Waals surface area contributed by atoms with Gasteiger partial charge in [0.2, 0.25) is 0 Å². The van der Waals surface area contributed by atoms with Crippen molar-refractivity contribution in [3.05, 3.63) is 0 Å². The van der Waals surface area contributed by atoms with Crippen molar-refractivity contribution in [2.24, 2.45) is 11.3 Å². The van der Waals surface area contributed by atoms with Crippen molar-refractivity contribution >= 4 is 0 Å². The molecule has 0 amide bonds. The first kappa shape index (κ1) is 12.4. The second-order valence-electron chi connectivity index (χ2n) is 6.72. The van der Waals surface area contributed by atoms with Crippen LogP contribution < -0.4 is 0 Å². The zero-order valence-corrected chi connectivity index (χ0v) is 11.1. The average molecular weight is 225 g/mol. The molecule has 3 unspecified atom stereocenters. The van der Waals surface area contributed by atoms with Crippen LogP contribution in [-0.4, -0.2) is 35.2 Å². The van der Waals surface area contributed by atoms with Gasteiger partial charge in [-0.3, -0.25) is 0 Å². The molecule has 2 rings (SSSR count). The van der Waals surface area contributed by atoms with Gasteiger partial charge in [0, 0.05) is 12.6 Å². The summed E-state index contributed by atoms with van der Waals surface area (Å²) in [5.74, 6) is 0.504. The van der Waals surface area contributed by atoms with E-state index in [2.05, 4.69) is 25.7 Å². The number of rotatable bonds is 2. The standard InChI is InChI=1S/C14H27NO/c1-11-5-4-8-15(11)10-12-9-14(2,3)7-6-13(12)16/h11-13,16H,4-10H2,1-3H3. The molecule has 0 aromatic rings. The lowest BCUT2D eigenvalue weighted by atomic mass is 9.70. The molecule has 2 fully saturated rings. The minimum absolute atomic E-state index is 0.0548. The molecule has 0 spiro atoms. The van der Waals surface area contributed by atoms with Crippen molar-refractivity contribution in [2.75, 3.05) is 13.1 Å². The van der Waals surface area contributed by atoms with E-state index >= 15 is 0 Å². The summed E-state index contributed by atoms with van der Waals surface area (Å²) in [5.41, 5.74) is 0.437. The van der Waals surface area contributed by atoms with Gasteiger partial charge in [0.25, 0.3) is 0 Å². The van der Waals surface area contributed by atoms with Crippen LogP contribution in [0.15, 0.2) is 0 Å². The third-order valence-corrected chi connectivity index (χ3v) is 4.64. The normalized spacial score (nSPS) is 40.1. The van der Waals surface area contributed by atoms with E-state index < -0.39 is 0 Å². The van der Waals surface area contributed by atoms with Crippen LogP contribution in [0.2, 0.25) is 0 Å². The largest absolute Gasteiger partial charge is 0.393 e. The first-order valence-electron chi connectivity index (χ1n) is 6.90. The fourth-order valence-electron chi connectivity index (χ4n) is 3.47. The zero-order chi connectivity index (χ0) is 11.8. The summed E-state index contributed by atoms with van der Waals surface area (Å²) < 4.78 is 0. The molecule has 3 atom stereocenters. The summed E-state index contributed by atoms with van der Waals surface area (Å²) in [6, 6.07) is 0.734. The molecule has 2 aliphatic rings. The summed E-state index contributed by atoms with van der Waals surface area (Å²) in [5, 5.41) is 10.1. The Bertz CT molecular complexity index is 239. The van der Waals surface area contributed by atoms with Gasteiger partial charge in [-0.2, -0.15) is 0 Å². The molecule has 16 heavy (non-hydrogen) atoms. The molecule has 0 aromatic carbocycles. The summed E-state index contributed by atoms with van der Waals surface area (Å²) in [6.45, 7) is 9.38. The minimum Gasteiger partial charge on any atom is -0.393 e. The highest BCUT2D eigenvalue weighted by Crippen LogP contribution is 2.39. The van der Waals surface area contributed by atoms with E-state index in [1.54, 1.807) is 0 Å². The van der Waals surface area contributed by atoms with E-state index in [9.17, 15) is 5.11 Å². The van der Waals surface area contributed by atoms with E-state index in [1.165, 1.54) is 32.2 Å². The molecule has 1 heterocycles. The summed E-state index contributed by atoms with van der Waals surface area (Å²) in [4.78, 5) is 2.58. The van der Waals surface area contributed by atoms with Crippen LogP contribution in [0.25, 0.3) is 0 Å². The molecule has 1 aliphatic carbocycles. The van der Waals surface area contributed by atoms with Gasteiger partial charge in [-0.05, 0) is 56.9 Å². The Morgan fingerprint density at radius 1 is 1.31 bits per heavy atom. The predicted molar refractivity (Wildman–Crippen MR) is 67.4 cm³/mol. The Morgan fingerprint density at radius 2 is 2.06 bits per heavy atom. The van der Waals surface area contributed by atoms with Gasteiger partial charge in [0.05, 0.1) is 6.10 Å². The van der Waals surface area contributed by atoms with E-state index in [-0.39, 0.29) is 6.10 Å². The smallest absolute Gasteiger partial charge is 0.0581 e. The van der Waals surface area contributed by atoms with Crippen molar-refractivity contribution in [1.29, 1.82) is 0 Å². The van der Waals surface area contributed by atoms with Crippen LogP contribution >= 0.6 is 0 Å². The molecular weight excluding hydrogens is 198 g/mol. The van der Waals surface area contributed by atoms with E-state index in [1.807, 2.05) is 0 Å². The van der Waals surface area contributed by atoms with E-state index in [0.29, 0.717) is 11.3 Å². The first-order chi connectivity index (χ1) is 7.48. The van der Waals surface area contributed by atoms with Crippen LogP contribution in [0, 0.1) is 11.3 Å². The molecule has 0 bridgehead atoms. The molecule has 1 saturated heterocycles. The number of aliphatic hydroxyl groups is 1. The molecule has 2 heteroatoms. The van der Waals surface area contributed by atoms with Crippen molar-refractivity contribution in [3.63, 3.8) is 0 Å². The van der Waals surface area contributed by atoms with Gasteiger partial charge < -0.3 is 10.0 Å². The van der Waals surface area contributed by atoms with Crippen LogP contribution in [-0.2, 0) is 0 Å². The Kier molecular flexibility index (Phi) is 3.60. The topological polar surface area (TPSA) is 23.5 Å². The Hall–Kier alpha value is -0.0800. The summed E-state index contributed by atoms with van der Waals surface area (Å²) in [7, 11) is 0. The number of likely N-dealkylation sites (tertiary alicyclic amines) is 1.